The smallest absolute Gasteiger partial charge is 0.239 e. The van der Waals surface area contributed by atoms with E-state index in [2.05, 4.69) is 10.6 Å². The van der Waals surface area contributed by atoms with Gasteiger partial charge < -0.3 is 10.6 Å². The molecule has 0 atom stereocenters. The van der Waals surface area contributed by atoms with Crippen LogP contribution in [0.5, 0.6) is 0 Å². The van der Waals surface area contributed by atoms with E-state index in [4.69, 9.17) is 11.6 Å². The molecule has 1 aromatic rings. The van der Waals surface area contributed by atoms with Crippen molar-refractivity contribution in [2.75, 3.05) is 11.9 Å². The zero-order chi connectivity index (χ0) is 14.1. The van der Waals surface area contributed by atoms with Crippen molar-refractivity contribution < 1.29 is 4.79 Å². The number of nitrogens with one attached hydrogen (secondary N) is 2. The summed E-state index contributed by atoms with van der Waals surface area (Å²) in [6.07, 6.45) is 5.12. The van der Waals surface area contributed by atoms with Crippen LogP contribution < -0.4 is 10.6 Å². The predicted octanol–water partition coefficient (Wildman–Crippen LogP) is 3.37. The minimum absolute atomic E-state index is 0.0884. The SMILES string of the molecule is Cc1ccc(NCC(=O)NC(C2CC2)C2CC2)cc1Cl. The molecule has 2 fully saturated rings. The summed E-state index contributed by atoms with van der Waals surface area (Å²) in [6.45, 7) is 2.28. The molecule has 0 unspecified atom stereocenters. The third-order valence-electron chi connectivity index (χ3n) is 4.21. The molecule has 0 spiro atoms. The third-order valence-corrected chi connectivity index (χ3v) is 4.62. The molecule has 3 rings (SSSR count). The second-order valence-corrected chi connectivity index (χ2v) is 6.49. The first kappa shape index (κ1) is 13.7. The van der Waals surface area contributed by atoms with Crippen molar-refractivity contribution in [1.82, 2.24) is 5.32 Å². The maximum Gasteiger partial charge on any atom is 0.239 e. The summed E-state index contributed by atoms with van der Waals surface area (Å²) in [5, 5.41) is 7.07. The Kier molecular flexibility index (Phi) is 3.88. The topological polar surface area (TPSA) is 41.1 Å². The van der Waals surface area contributed by atoms with Crippen LogP contribution in [-0.2, 0) is 4.79 Å². The number of benzene rings is 1. The van der Waals surface area contributed by atoms with Gasteiger partial charge in [0, 0.05) is 16.8 Å². The molecule has 2 N–H and O–H groups in total. The predicted molar refractivity (Wildman–Crippen MR) is 82.1 cm³/mol. The van der Waals surface area contributed by atoms with Gasteiger partial charge in [-0.1, -0.05) is 17.7 Å². The average Bonchev–Trinajstić information content (AvgIpc) is 3.28. The Balaban J connectivity index is 1.49. The monoisotopic (exact) mass is 292 g/mol. The van der Waals surface area contributed by atoms with E-state index in [9.17, 15) is 4.79 Å². The molecule has 2 aliphatic carbocycles. The largest absolute Gasteiger partial charge is 0.376 e. The molecule has 20 heavy (non-hydrogen) atoms. The Morgan fingerprint density at radius 3 is 2.50 bits per heavy atom. The second kappa shape index (κ2) is 5.65. The van der Waals surface area contributed by atoms with Crippen LogP contribution in [0.4, 0.5) is 5.69 Å². The van der Waals surface area contributed by atoms with Crippen LogP contribution in [0.15, 0.2) is 18.2 Å². The summed E-state index contributed by atoms with van der Waals surface area (Å²) in [4.78, 5) is 12.0. The van der Waals surface area contributed by atoms with Crippen LogP contribution in [0, 0.1) is 18.8 Å². The van der Waals surface area contributed by atoms with Gasteiger partial charge in [-0.3, -0.25) is 4.79 Å². The van der Waals surface area contributed by atoms with Crippen LogP contribution in [0.25, 0.3) is 0 Å². The van der Waals surface area contributed by atoms with E-state index in [1.807, 2.05) is 25.1 Å². The van der Waals surface area contributed by atoms with Crippen LogP contribution in [0.1, 0.15) is 31.2 Å². The number of amides is 1. The maximum atomic E-state index is 12.0. The first-order chi connectivity index (χ1) is 9.63. The fourth-order valence-corrected chi connectivity index (χ4v) is 2.83. The number of anilines is 1. The van der Waals surface area contributed by atoms with E-state index >= 15 is 0 Å². The van der Waals surface area contributed by atoms with E-state index in [0.717, 1.165) is 28.1 Å². The molecular formula is C16H21ClN2O. The summed E-state index contributed by atoms with van der Waals surface area (Å²) in [6, 6.07) is 6.20. The zero-order valence-corrected chi connectivity index (χ0v) is 12.5. The van der Waals surface area contributed by atoms with Crippen LogP contribution >= 0.6 is 11.6 Å². The molecule has 3 nitrogen and oxygen atoms in total. The van der Waals surface area contributed by atoms with Gasteiger partial charge in [-0.05, 0) is 62.1 Å². The van der Waals surface area contributed by atoms with Crippen molar-refractivity contribution in [3.8, 4) is 0 Å². The molecular weight excluding hydrogens is 272 g/mol. The maximum absolute atomic E-state index is 12.0. The molecule has 108 valence electrons. The van der Waals surface area contributed by atoms with Crippen molar-refractivity contribution in [2.24, 2.45) is 11.8 Å². The third kappa shape index (κ3) is 3.45. The molecule has 0 radical (unpaired) electrons. The Morgan fingerprint density at radius 1 is 1.30 bits per heavy atom. The lowest BCUT2D eigenvalue weighted by atomic mass is 10.1. The summed E-state index contributed by atoms with van der Waals surface area (Å²) in [5.41, 5.74) is 1.94. The average molecular weight is 293 g/mol. The van der Waals surface area contributed by atoms with Crippen molar-refractivity contribution in [3.63, 3.8) is 0 Å². The van der Waals surface area contributed by atoms with Crippen LogP contribution in [0.2, 0.25) is 5.02 Å². The fraction of sp³-hybridized carbons (Fsp3) is 0.562. The van der Waals surface area contributed by atoms with Crippen molar-refractivity contribution in [1.29, 1.82) is 0 Å². The molecule has 0 saturated heterocycles. The van der Waals surface area contributed by atoms with Crippen molar-refractivity contribution in [2.45, 2.75) is 38.6 Å². The molecule has 0 aliphatic heterocycles. The Hall–Kier alpha value is -1.22. The summed E-state index contributed by atoms with van der Waals surface area (Å²) >= 11 is 6.07. The lowest BCUT2D eigenvalue weighted by Crippen LogP contribution is -2.41. The van der Waals surface area contributed by atoms with Crippen molar-refractivity contribution in [3.05, 3.63) is 28.8 Å². The number of halogens is 1. The highest BCUT2D eigenvalue weighted by Gasteiger charge is 2.42. The first-order valence-electron chi connectivity index (χ1n) is 7.43. The van der Waals surface area contributed by atoms with Crippen LogP contribution in [0.3, 0.4) is 0 Å². The van der Waals surface area contributed by atoms with Gasteiger partial charge in [0.2, 0.25) is 5.91 Å². The lowest BCUT2D eigenvalue weighted by molar-refractivity contribution is -0.120. The highest BCUT2D eigenvalue weighted by molar-refractivity contribution is 6.31. The van der Waals surface area contributed by atoms with Gasteiger partial charge in [0.15, 0.2) is 0 Å². The van der Waals surface area contributed by atoms with Gasteiger partial charge in [-0.15, -0.1) is 0 Å². The van der Waals surface area contributed by atoms with Crippen molar-refractivity contribution >= 4 is 23.2 Å². The minimum Gasteiger partial charge on any atom is -0.376 e. The molecule has 2 saturated carbocycles. The fourth-order valence-electron chi connectivity index (χ4n) is 2.65. The zero-order valence-electron chi connectivity index (χ0n) is 11.8. The Bertz CT molecular complexity index is 497. The highest BCUT2D eigenvalue weighted by Crippen LogP contribution is 2.44. The van der Waals surface area contributed by atoms with Crippen LogP contribution in [-0.4, -0.2) is 18.5 Å². The van der Waals surface area contributed by atoms with E-state index in [0.29, 0.717) is 12.6 Å². The number of rotatable bonds is 6. The number of aryl methyl sites for hydroxylation is 1. The molecule has 0 heterocycles. The Morgan fingerprint density at radius 2 is 1.95 bits per heavy atom. The number of hydrogen-bond donors (Lipinski definition) is 2. The first-order valence-corrected chi connectivity index (χ1v) is 7.80. The summed E-state index contributed by atoms with van der Waals surface area (Å²) < 4.78 is 0. The minimum atomic E-state index is 0.0884. The Labute approximate surface area is 125 Å². The van der Waals surface area contributed by atoms with Gasteiger partial charge in [-0.25, -0.2) is 0 Å². The van der Waals surface area contributed by atoms with Gasteiger partial charge in [0.05, 0.1) is 6.54 Å². The van der Waals surface area contributed by atoms with Gasteiger partial charge in [0.1, 0.15) is 0 Å². The van der Waals surface area contributed by atoms with Gasteiger partial charge in [-0.2, -0.15) is 0 Å². The molecule has 0 aromatic heterocycles. The van der Waals surface area contributed by atoms with E-state index in [1.54, 1.807) is 0 Å². The molecule has 4 heteroatoms. The second-order valence-electron chi connectivity index (χ2n) is 6.09. The van der Waals surface area contributed by atoms with E-state index in [1.165, 1.54) is 25.7 Å². The number of hydrogen-bond acceptors (Lipinski definition) is 2. The van der Waals surface area contributed by atoms with E-state index < -0.39 is 0 Å². The number of carbonyl (C=O) groups excluding carboxylic acids is 1. The van der Waals surface area contributed by atoms with Gasteiger partial charge >= 0.3 is 0 Å². The summed E-state index contributed by atoms with van der Waals surface area (Å²) in [5.74, 6) is 1.56. The summed E-state index contributed by atoms with van der Waals surface area (Å²) in [7, 11) is 0. The molecule has 1 amide bonds. The van der Waals surface area contributed by atoms with Gasteiger partial charge in [0.25, 0.3) is 0 Å². The molecule has 2 aliphatic rings. The quantitative estimate of drug-likeness (QED) is 0.844. The highest BCUT2D eigenvalue weighted by atomic mass is 35.5. The normalized spacial score (nSPS) is 18.1. The van der Waals surface area contributed by atoms with E-state index in [-0.39, 0.29) is 5.91 Å². The molecule has 1 aromatic carbocycles. The number of carbonyl (C=O) groups is 1. The standard InChI is InChI=1S/C16H21ClN2O/c1-10-2-7-13(8-14(10)17)18-9-15(20)19-16(11-3-4-11)12-5-6-12/h2,7-8,11-12,16,18H,3-6,9H2,1H3,(H,19,20). The molecule has 0 bridgehead atoms. The lowest BCUT2D eigenvalue weighted by Gasteiger charge is -2.18.